The molecule has 1 heterocycles. The minimum absolute atomic E-state index is 0.0997. The van der Waals surface area contributed by atoms with Crippen LogP contribution in [-0.2, 0) is 17.4 Å². The van der Waals surface area contributed by atoms with E-state index >= 15 is 0 Å². The zero-order valence-corrected chi connectivity index (χ0v) is 14.9. The highest BCUT2D eigenvalue weighted by Gasteiger charge is 2.36. The number of hydrogen-bond donors (Lipinski definition) is 0. The van der Waals surface area contributed by atoms with Crippen molar-refractivity contribution in [2.24, 2.45) is 0 Å². The van der Waals surface area contributed by atoms with E-state index in [2.05, 4.69) is 0 Å². The van der Waals surface area contributed by atoms with Crippen LogP contribution in [0.3, 0.4) is 0 Å². The van der Waals surface area contributed by atoms with Gasteiger partial charge < -0.3 is 9.80 Å². The standard InChI is InChI=1S/C20H18F4N2O2/c21-17-8-4-1-5-14(17)13-18(27)25-9-11-26(12-10-25)19(28)15-6-2-3-7-16(15)20(22,23)24/h1-8H,9-13H2. The van der Waals surface area contributed by atoms with Crippen molar-refractivity contribution in [3.63, 3.8) is 0 Å². The Balaban J connectivity index is 1.64. The molecule has 0 N–H and O–H groups in total. The molecule has 1 saturated heterocycles. The van der Waals surface area contributed by atoms with Crippen molar-refractivity contribution in [1.29, 1.82) is 0 Å². The van der Waals surface area contributed by atoms with E-state index < -0.39 is 29.0 Å². The van der Waals surface area contributed by atoms with Gasteiger partial charge in [-0.2, -0.15) is 13.2 Å². The second-order valence-electron chi connectivity index (χ2n) is 6.48. The van der Waals surface area contributed by atoms with E-state index in [-0.39, 0.29) is 44.1 Å². The van der Waals surface area contributed by atoms with Gasteiger partial charge in [0, 0.05) is 26.2 Å². The Kier molecular flexibility index (Phi) is 5.67. The predicted molar refractivity (Wildman–Crippen MR) is 94.0 cm³/mol. The van der Waals surface area contributed by atoms with Gasteiger partial charge in [0.05, 0.1) is 17.5 Å². The molecule has 1 fully saturated rings. The van der Waals surface area contributed by atoms with Crippen molar-refractivity contribution in [2.45, 2.75) is 12.6 Å². The lowest BCUT2D eigenvalue weighted by molar-refractivity contribution is -0.138. The zero-order valence-electron chi connectivity index (χ0n) is 14.9. The highest BCUT2D eigenvalue weighted by Crippen LogP contribution is 2.32. The van der Waals surface area contributed by atoms with Gasteiger partial charge in [-0.15, -0.1) is 0 Å². The van der Waals surface area contributed by atoms with Crippen molar-refractivity contribution < 1.29 is 27.2 Å². The monoisotopic (exact) mass is 394 g/mol. The minimum atomic E-state index is -4.62. The van der Waals surface area contributed by atoms with Crippen LogP contribution in [-0.4, -0.2) is 47.8 Å². The summed E-state index contributed by atoms with van der Waals surface area (Å²) >= 11 is 0. The number of rotatable bonds is 3. The number of benzene rings is 2. The lowest BCUT2D eigenvalue weighted by atomic mass is 10.1. The van der Waals surface area contributed by atoms with Crippen LogP contribution in [0.15, 0.2) is 48.5 Å². The van der Waals surface area contributed by atoms with E-state index in [1.807, 2.05) is 0 Å². The number of carbonyl (C=O) groups is 2. The third kappa shape index (κ3) is 4.32. The Morgan fingerprint density at radius 2 is 1.43 bits per heavy atom. The predicted octanol–water partition coefficient (Wildman–Crippen LogP) is 3.37. The van der Waals surface area contributed by atoms with Crippen molar-refractivity contribution in [3.8, 4) is 0 Å². The molecule has 0 bridgehead atoms. The van der Waals surface area contributed by atoms with Crippen LogP contribution >= 0.6 is 0 Å². The van der Waals surface area contributed by atoms with Crippen molar-refractivity contribution >= 4 is 11.8 Å². The van der Waals surface area contributed by atoms with Crippen LogP contribution in [0.25, 0.3) is 0 Å². The van der Waals surface area contributed by atoms with Crippen LogP contribution in [0, 0.1) is 5.82 Å². The number of carbonyl (C=O) groups excluding carboxylic acids is 2. The van der Waals surface area contributed by atoms with Crippen molar-refractivity contribution in [2.75, 3.05) is 26.2 Å². The normalized spacial score (nSPS) is 14.9. The number of halogens is 4. The Morgan fingerprint density at radius 3 is 2.07 bits per heavy atom. The second-order valence-corrected chi connectivity index (χ2v) is 6.48. The molecule has 148 valence electrons. The van der Waals surface area contributed by atoms with E-state index in [1.54, 1.807) is 6.07 Å². The maximum Gasteiger partial charge on any atom is 0.417 e. The first-order valence-corrected chi connectivity index (χ1v) is 8.74. The Labute approximate surface area is 159 Å². The van der Waals surface area contributed by atoms with Gasteiger partial charge in [-0.25, -0.2) is 4.39 Å². The minimum Gasteiger partial charge on any atom is -0.339 e. The third-order valence-corrected chi connectivity index (χ3v) is 4.68. The van der Waals surface area contributed by atoms with Crippen molar-refractivity contribution in [1.82, 2.24) is 9.80 Å². The van der Waals surface area contributed by atoms with Crippen LogP contribution in [0.4, 0.5) is 17.6 Å². The molecule has 0 saturated carbocycles. The summed E-state index contributed by atoms with van der Waals surface area (Å²) in [5.74, 6) is -1.46. The fourth-order valence-electron chi connectivity index (χ4n) is 3.16. The van der Waals surface area contributed by atoms with Gasteiger partial charge in [0.25, 0.3) is 5.91 Å². The van der Waals surface area contributed by atoms with Gasteiger partial charge >= 0.3 is 6.18 Å². The summed E-state index contributed by atoms with van der Waals surface area (Å²) in [6.45, 7) is 0.614. The molecule has 1 aliphatic heterocycles. The third-order valence-electron chi connectivity index (χ3n) is 4.68. The van der Waals surface area contributed by atoms with Crippen molar-refractivity contribution in [3.05, 3.63) is 71.0 Å². The number of hydrogen-bond acceptors (Lipinski definition) is 2. The molecular formula is C20H18F4N2O2. The average Bonchev–Trinajstić information content (AvgIpc) is 2.68. The van der Waals surface area contributed by atoms with E-state index in [0.717, 1.165) is 12.1 Å². The molecule has 0 spiro atoms. The number of nitrogens with zero attached hydrogens (tertiary/aromatic N) is 2. The van der Waals surface area contributed by atoms with Gasteiger partial charge in [0.15, 0.2) is 0 Å². The van der Waals surface area contributed by atoms with E-state index in [1.165, 1.54) is 40.1 Å². The van der Waals surface area contributed by atoms with E-state index in [0.29, 0.717) is 0 Å². The fraction of sp³-hybridized carbons (Fsp3) is 0.300. The summed E-state index contributed by atoms with van der Waals surface area (Å²) in [5, 5.41) is 0. The lowest BCUT2D eigenvalue weighted by Gasteiger charge is -2.35. The average molecular weight is 394 g/mol. The number of piperazine rings is 1. The van der Waals surface area contributed by atoms with Gasteiger partial charge in [-0.05, 0) is 23.8 Å². The van der Waals surface area contributed by atoms with E-state index in [9.17, 15) is 27.2 Å². The maximum atomic E-state index is 13.7. The molecule has 0 atom stereocenters. The molecule has 8 heteroatoms. The Morgan fingerprint density at radius 1 is 0.857 bits per heavy atom. The summed E-state index contributed by atoms with van der Waals surface area (Å²) in [5.41, 5.74) is -1.09. The van der Waals surface area contributed by atoms with Gasteiger partial charge in [0.2, 0.25) is 5.91 Å². The number of alkyl halides is 3. The molecule has 4 nitrogen and oxygen atoms in total. The zero-order chi connectivity index (χ0) is 20.3. The molecule has 0 aliphatic carbocycles. The van der Waals surface area contributed by atoms with Crippen LogP contribution in [0.2, 0.25) is 0 Å². The molecule has 2 aromatic rings. The molecular weight excluding hydrogens is 376 g/mol. The second kappa shape index (κ2) is 8.00. The largest absolute Gasteiger partial charge is 0.417 e. The van der Waals surface area contributed by atoms with E-state index in [4.69, 9.17) is 0 Å². The highest BCUT2D eigenvalue weighted by molar-refractivity contribution is 5.96. The molecule has 0 unspecified atom stereocenters. The summed E-state index contributed by atoms with van der Waals surface area (Å²) in [6, 6.07) is 10.6. The highest BCUT2D eigenvalue weighted by atomic mass is 19.4. The number of amides is 2. The molecule has 0 radical (unpaired) electrons. The molecule has 3 rings (SSSR count). The van der Waals surface area contributed by atoms with Gasteiger partial charge in [-0.3, -0.25) is 9.59 Å². The lowest BCUT2D eigenvalue weighted by Crippen LogP contribution is -2.51. The first kappa shape index (κ1) is 19.9. The van der Waals surface area contributed by atoms with Crippen LogP contribution in [0.5, 0.6) is 0 Å². The maximum absolute atomic E-state index is 13.7. The first-order chi connectivity index (χ1) is 13.3. The molecule has 0 aromatic heterocycles. The van der Waals surface area contributed by atoms with Crippen LogP contribution < -0.4 is 0 Å². The Hall–Kier alpha value is -2.90. The summed E-state index contributed by atoms with van der Waals surface area (Å²) in [6.07, 6.45) is -4.72. The topological polar surface area (TPSA) is 40.6 Å². The quantitative estimate of drug-likeness (QED) is 0.749. The Bertz CT molecular complexity index is 875. The van der Waals surface area contributed by atoms with Crippen LogP contribution in [0.1, 0.15) is 21.5 Å². The fourth-order valence-corrected chi connectivity index (χ4v) is 3.16. The summed E-state index contributed by atoms with van der Waals surface area (Å²) in [7, 11) is 0. The van der Waals surface area contributed by atoms with Gasteiger partial charge in [0.1, 0.15) is 5.82 Å². The SMILES string of the molecule is O=C(Cc1ccccc1F)N1CCN(C(=O)c2ccccc2C(F)(F)F)CC1. The summed E-state index contributed by atoms with van der Waals surface area (Å²) in [4.78, 5) is 27.7. The molecule has 1 aliphatic rings. The molecule has 28 heavy (non-hydrogen) atoms. The summed E-state index contributed by atoms with van der Waals surface area (Å²) < 4.78 is 53.1. The first-order valence-electron chi connectivity index (χ1n) is 8.74. The molecule has 2 aromatic carbocycles. The molecule has 2 amide bonds. The smallest absolute Gasteiger partial charge is 0.339 e. The van der Waals surface area contributed by atoms with Gasteiger partial charge in [-0.1, -0.05) is 30.3 Å².